The molecule has 0 aliphatic heterocycles. The Bertz CT molecular complexity index is 708. The molecule has 0 amide bonds. The van der Waals surface area contributed by atoms with E-state index < -0.39 is 0 Å². The van der Waals surface area contributed by atoms with Crippen molar-refractivity contribution in [1.29, 1.82) is 0 Å². The second-order valence-electron chi connectivity index (χ2n) is 4.76. The maximum absolute atomic E-state index is 5.34. The van der Waals surface area contributed by atoms with Gasteiger partial charge in [0.25, 0.3) is 0 Å². The lowest BCUT2D eigenvalue weighted by Crippen LogP contribution is -2.00. The van der Waals surface area contributed by atoms with Gasteiger partial charge in [0.1, 0.15) is 5.76 Å². The third-order valence-corrected chi connectivity index (χ3v) is 3.13. The van der Waals surface area contributed by atoms with E-state index in [4.69, 9.17) is 4.42 Å². The smallest absolute Gasteiger partial charge is 0.122 e. The molecule has 0 saturated carbocycles. The van der Waals surface area contributed by atoms with Crippen molar-refractivity contribution < 1.29 is 4.42 Å². The second-order valence-corrected chi connectivity index (χ2v) is 4.76. The third-order valence-electron chi connectivity index (χ3n) is 3.13. The van der Waals surface area contributed by atoms with Gasteiger partial charge in [0, 0.05) is 16.8 Å². The summed E-state index contributed by atoms with van der Waals surface area (Å²) in [7, 11) is 0. The molecule has 2 aromatic heterocycles. The summed E-state index contributed by atoms with van der Waals surface area (Å²) < 4.78 is 5.34. The fourth-order valence-electron chi connectivity index (χ4n) is 2.21. The van der Waals surface area contributed by atoms with Crippen LogP contribution in [0, 0.1) is 13.8 Å². The zero-order valence-corrected chi connectivity index (χ0v) is 12.3. The molecule has 0 unspecified atom stereocenters. The number of benzene rings is 1. The minimum absolute atomic E-state index is 0. The number of hydrogen-bond donors (Lipinski definition) is 1. The van der Waals surface area contributed by atoms with Gasteiger partial charge in [-0.25, -0.2) is 0 Å². The van der Waals surface area contributed by atoms with Crippen LogP contribution >= 0.6 is 12.4 Å². The number of aryl methyl sites for hydroxylation is 2. The van der Waals surface area contributed by atoms with Gasteiger partial charge in [-0.15, -0.1) is 12.4 Å². The van der Waals surface area contributed by atoms with Crippen LogP contribution in [0.5, 0.6) is 0 Å². The average Bonchev–Trinajstić information content (AvgIpc) is 2.89. The molecule has 0 fully saturated rings. The number of nitrogens with zero attached hydrogens (tertiary/aromatic N) is 1. The topological polar surface area (TPSA) is 38.1 Å². The Morgan fingerprint density at radius 2 is 2.00 bits per heavy atom. The van der Waals surface area contributed by atoms with Crippen LogP contribution in [-0.4, -0.2) is 4.98 Å². The summed E-state index contributed by atoms with van der Waals surface area (Å²) in [5.41, 5.74) is 4.37. The molecule has 0 aliphatic rings. The number of pyridine rings is 1. The molecule has 3 nitrogen and oxygen atoms in total. The van der Waals surface area contributed by atoms with Gasteiger partial charge in [0.2, 0.25) is 0 Å². The van der Waals surface area contributed by atoms with E-state index >= 15 is 0 Å². The number of fused-ring (bicyclic) bond motifs is 1. The van der Waals surface area contributed by atoms with Crippen LogP contribution in [0.2, 0.25) is 0 Å². The van der Waals surface area contributed by atoms with E-state index in [1.54, 1.807) is 6.26 Å². The number of aromatic nitrogens is 1. The molecule has 3 aromatic rings. The number of nitrogens with one attached hydrogen (secondary N) is 1. The van der Waals surface area contributed by atoms with Crippen molar-refractivity contribution in [3.8, 4) is 0 Å². The van der Waals surface area contributed by atoms with Gasteiger partial charge in [-0.2, -0.15) is 0 Å². The third kappa shape index (κ3) is 2.94. The summed E-state index contributed by atoms with van der Waals surface area (Å²) >= 11 is 0. The van der Waals surface area contributed by atoms with E-state index in [0.717, 1.165) is 28.0 Å². The van der Waals surface area contributed by atoms with Crippen molar-refractivity contribution in [3.05, 3.63) is 59.7 Å². The normalized spacial score (nSPS) is 10.3. The maximum Gasteiger partial charge on any atom is 0.122 e. The lowest BCUT2D eigenvalue weighted by Gasteiger charge is -2.10. The van der Waals surface area contributed by atoms with Gasteiger partial charge in [0.15, 0.2) is 0 Å². The lowest BCUT2D eigenvalue weighted by molar-refractivity contribution is 0.518. The highest BCUT2D eigenvalue weighted by Crippen LogP contribution is 2.24. The standard InChI is InChI=1S/C16H16N2O.ClH/c1-11-5-6-15-14(8-11)16(9-12(2)18-15)17-10-13-4-3-7-19-13;/h3-9H,10H2,1-2H3,(H,17,18);1H. The van der Waals surface area contributed by atoms with Crippen molar-refractivity contribution in [3.63, 3.8) is 0 Å². The van der Waals surface area contributed by atoms with E-state index in [2.05, 4.69) is 41.5 Å². The zero-order valence-electron chi connectivity index (χ0n) is 11.5. The van der Waals surface area contributed by atoms with Crippen LogP contribution in [-0.2, 0) is 6.54 Å². The largest absolute Gasteiger partial charge is 0.467 e. The molecule has 0 spiro atoms. The van der Waals surface area contributed by atoms with Crippen LogP contribution < -0.4 is 5.32 Å². The zero-order chi connectivity index (χ0) is 13.2. The molecule has 0 saturated heterocycles. The quantitative estimate of drug-likeness (QED) is 0.772. The summed E-state index contributed by atoms with van der Waals surface area (Å²) in [6, 6.07) is 12.3. The molecule has 3 rings (SSSR count). The van der Waals surface area contributed by atoms with Crippen LogP contribution in [0.25, 0.3) is 10.9 Å². The Labute approximate surface area is 124 Å². The summed E-state index contributed by atoms with van der Waals surface area (Å²) in [4.78, 5) is 4.56. The minimum atomic E-state index is 0. The fourth-order valence-corrected chi connectivity index (χ4v) is 2.21. The Balaban J connectivity index is 0.00000147. The Morgan fingerprint density at radius 1 is 1.15 bits per heavy atom. The highest BCUT2D eigenvalue weighted by atomic mass is 35.5. The van der Waals surface area contributed by atoms with Gasteiger partial charge >= 0.3 is 0 Å². The molecule has 0 atom stereocenters. The van der Waals surface area contributed by atoms with Crippen molar-refractivity contribution in [2.24, 2.45) is 0 Å². The molecule has 4 heteroatoms. The van der Waals surface area contributed by atoms with Crippen molar-refractivity contribution in [2.45, 2.75) is 20.4 Å². The number of halogens is 1. The Kier molecular flexibility index (Phi) is 4.30. The molecule has 104 valence electrons. The molecule has 0 aliphatic carbocycles. The molecular formula is C16H17ClN2O. The van der Waals surface area contributed by atoms with E-state index in [-0.39, 0.29) is 12.4 Å². The Hall–Kier alpha value is -2.00. The van der Waals surface area contributed by atoms with Gasteiger partial charge in [0.05, 0.1) is 18.3 Å². The SMILES string of the molecule is Cc1ccc2nc(C)cc(NCc3ccco3)c2c1.Cl. The predicted octanol–water partition coefficient (Wildman–Crippen LogP) is 4.48. The highest BCUT2D eigenvalue weighted by Gasteiger charge is 2.05. The van der Waals surface area contributed by atoms with Gasteiger partial charge < -0.3 is 9.73 Å². The van der Waals surface area contributed by atoms with Gasteiger partial charge in [-0.3, -0.25) is 4.98 Å². The molecule has 0 bridgehead atoms. The van der Waals surface area contributed by atoms with Crippen LogP contribution in [0.1, 0.15) is 17.0 Å². The summed E-state index contributed by atoms with van der Waals surface area (Å²) in [5.74, 6) is 0.926. The monoisotopic (exact) mass is 288 g/mol. The molecule has 0 radical (unpaired) electrons. The van der Waals surface area contributed by atoms with Crippen molar-refractivity contribution in [2.75, 3.05) is 5.32 Å². The second kappa shape index (κ2) is 5.97. The number of hydrogen-bond acceptors (Lipinski definition) is 3. The first-order chi connectivity index (χ1) is 9.22. The highest BCUT2D eigenvalue weighted by molar-refractivity contribution is 5.91. The summed E-state index contributed by atoms with van der Waals surface area (Å²) in [6.07, 6.45) is 1.69. The summed E-state index contributed by atoms with van der Waals surface area (Å²) in [5, 5.41) is 4.57. The molecule has 2 heterocycles. The first-order valence-electron chi connectivity index (χ1n) is 6.36. The van der Waals surface area contributed by atoms with E-state index in [0.29, 0.717) is 6.54 Å². The van der Waals surface area contributed by atoms with E-state index in [1.165, 1.54) is 5.56 Å². The van der Waals surface area contributed by atoms with E-state index in [1.807, 2.05) is 19.1 Å². The van der Waals surface area contributed by atoms with Crippen molar-refractivity contribution in [1.82, 2.24) is 4.98 Å². The molecular weight excluding hydrogens is 272 g/mol. The fraction of sp³-hybridized carbons (Fsp3) is 0.188. The number of furan rings is 1. The van der Waals surface area contributed by atoms with E-state index in [9.17, 15) is 0 Å². The summed E-state index contributed by atoms with van der Waals surface area (Å²) in [6.45, 7) is 4.78. The number of rotatable bonds is 3. The molecule has 1 aromatic carbocycles. The predicted molar refractivity (Wildman–Crippen MR) is 84.5 cm³/mol. The first kappa shape index (κ1) is 14.4. The maximum atomic E-state index is 5.34. The number of anilines is 1. The molecule has 20 heavy (non-hydrogen) atoms. The lowest BCUT2D eigenvalue weighted by atomic mass is 10.1. The Morgan fingerprint density at radius 3 is 2.75 bits per heavy atom. The average molecular weight is 289 g/mol. The van der Waals surface area contributed by atoms with Crippen molar-refractivity contribution >= 4 is 29.0 Å². The first-order valence-corrected chi connectivity index (χ1v) is 6.36. The van der Waals surface area contributed by atoms with Crippen LogP contribution in [0.4, 0.5) is 5.69 Å². The van der Waals surface area contributed by atoms with Crippen LogP contribution in [0.15, 0.2) is 47.1 Å². The molecule has 1 N–H and O–H groups in total. The van der Waals surface area contributed by atoms with Crippen LogP contribution in [0.3, 0.4) is 0 Å². The minimum Gasteiger partial charge on any atom is -0.467 e. The van der Waals surface area contributed by atoms with Gasteiger partial charge in [-0.1, -0.05) is 11.6 Å². The van der Waals surface area contributed by atoms with Gasteiger partial charge in [-0.05, 0) is 44.2 Å².